The number of hydrogen-bond donors (Lipinski definition) is 0. The van der Waals surface area contributed by atoms with E-state index >= 15 is 0 Å². The van der Waals surface area contributed by atoms with Crippen LogP contribution in [-0.4, -0.2) is 29.0 Å². The molecular weight excluding hydrogens is 326 g/mol. The van der Waals surface area contributed by atoms with Crippen LogP contribution in [0.15, 0.2) is 33.5 Å². The number of pyridine rings is 1. The van der Waals surface area contributed by atoms with E-state index in [4.69, 9.17) is 9.15 Å². The van der Waals surface area contributed by atoms with Crippen LogP contribution in [0.4, 0.5) is 5.82 Å². The Balaban J connectivity index is 2.21. The summed E-state index contributed by atoms with van der Waals surface area (Å²) < 4.78 is 11.0. The van der Waals surface area contributed by atoms with Gasteiger partial charge in [0.15, 0.2) is 5.69 Å². The van der Waals surface area contributed by atoms with E-state index in [9.17, 15) is 4.79 Å². The molecule has 0 fully saturated rings. The lowest BCUT2D eigenvalue weighted by atomic mass is 10.3. The predicted molar refractivity (Wildman–Crippen MR) is 77.0 cm³/mol. The van der Waals surface area contributed by atoms with Gasteiger partial charge in [-0.1, -0.05) is 0 Å². The fourth-order valence-electron chi connectivity index (χ4n) is 1.62. The minimum absolute atomic E-state index is 0.0932. The van der Waals surface area contributed by atoms with E-state index in [2.05, 4.69) is 25.9 Å². The Morgan fingerprint density at radius 1 is 1.45 bits per heavy atom. The van der Waals surface area contributed by atoms with Crippen molar-refractivity contribution in [1.29, 1.82) is 0 Å². The van der Waals surface area contributed by atoms with E-state index in [1.165, 1.54) is 11.2 Å². The van der Waals surface area contributed by atoms with Crippen molar-refractivity contribution in [2.24, 2.45) is 0 Å². The van der Waals surface area contributed by atoms with Gasteiger partial charge in [0.1, 0.15) is 12.1 Å². The van der Waals surface area contributed by atoms with Crippen molar-refractivity contribution in [1.82, 2.24) is 9.97 Å². The molecule has 0 aliphatic heterocycles. The van der Waals surface area contributed by atoms with Crippen molar-refractivity contribution in [2.75, 3.05) is 18.1 Å². The first-order valence-corrected chi connectivity index (χ1v) is 6.96. The first-order chi connectivity index (χ1) is 9.65. The summed E-state index contributed by atoms with van der Waals surface area (Å²) in [4.78, 5) is 22.1. The van der Waals surface area contributed by atoms with Crippen molar-refractivity contribution in [3.05, 3.63) is 34.8 Å². The molecule has 0 radical (unpaired) electrons. The van der Waals surface area contributed by atoms with Gasteiger partial charge in [0.25, 0.3) is 5.91 Å². The average molecular weight is 340 g/mol. The Hall–Kier alpha value is -1.89. The number of oxazole rings is 1. The summed E-state index contributed by atoms with van der Waals surface area (Å²) in [5, 5.41) is 0. The first kappa shape index (κ1) is 14.5. The largest absolute Gasteiger partial charge is 0.450 e. The third-order valence-corrected chi connectivity index (χ3v) is 2.99. The van der Waals surface area contributed by atoms with Gasteiger partial charge in [0.05, 0.1) is 6.61 Å². The van der Waals surface area contributed by atoms with Gasteiger partial charge in [-0.15, -0.1) is 0 Å². The number of halogens is 1. The molecule has 6 nitrogen and oxygen atoms in total. The summed E-state index contributed by atoms with van der Waals surface area (Å²) in [6, 6.07) is 3.59. The molecule has 20 heavy (non-hydrogen) atoms. The second kappa shape index (κ2) is 6.51. The van der Waals surface area contributed by atoms with E-state index < -0.39 is 0 Å². The lowest BCUT2D eigenvalue weighted by Crippen LogP contribution is -2.31. The van der Waals surface area contributed by atoms with Crippen LogP contribution in [0.5, 0.6) is 6.08 Å². The number of ether oxygens (including phenoxy) is 1. The molecule has 2 aromatic heterocycles. The van der Waals surface area contributed by atoms with Gasteiger partial charge in [-0.05, 0) is 41.9 Å². The minimum Gasteiger partial charge on any atom is -0.450 e. The number of aromatic nitrogens is 2. The van der Waals surface area contributed by atoms with Crippen LogP contribution < -0.4 is 9.64 Å². The van der Waals surface area contributed by atoms with Crippen molar-refractivity contribution >= 4 is 27.7 Å². The smallest absolute Gasteiger partial charge is 0.394 e. The monoisotopic (exact) mass is 339 g/mol. The van der Waals surface area contributed by atoms with Crippen molar-refractivity contribution in [3.8, 4) is 6.08 Å². The number of carbonyl (C=O) groups is 1. The summed E-state index contributed by atoms with van der Waals surface area (Å²) in [6.07, 6.45) is 3.02. The van der Waals surface area contributed by atoms with Crippen LogP contribution >= 0.6 is 15.9 Å². The molecule has 0 aromatic carbocycles. The van der Waals surface area contributed by atoms with Gasteiger partial charge in [0.2, 0.25) is 0 Å². The lowest BCUT2D eigenvalue weighted by molar-refractivity contribution is 0.0982. The molecule has 0 saturated heterocycles. The fraction of sp³-hybridized carbons (Fsp3) is 0.308. The van der Waals surface area contributed by atoms with E-state index in [0.717, 1.165) is 4.47 Å². The maximum absolute atomic E-state index is 12.4. The van der Waals surface area contributed by atoms with Gasteiger partial charge in [-0.25, -0.2) is 4.98 Å². The van der Waals surface area contributed by atoms with Crippen LogP contribution in [0.25, 0.3) is 0 Å². The molecule has 2 rings (SSSR count). The Bertz CT molecular complexity index is 583. The summed E-state index contributed by atoms with van der Waals surface area (Å²) in [7, 11) is 0. The van der Waals surface area contributed by atoms with Gasteiger partial charge < -0.3 is 9.15 Å². The quantitative estimate of drug-likeness (QED) is 0.837. The summed E-state index contributed by atoms with van der Waals surface area (Å²) in [5.41, 5.74) is 0.194. The van der Waals surface area contributed by atoms with Crippen LogP contribution in [0, 0.1) is 0 Å². The van der Waals surface area contributed by atoms with Crippen LogP contribution in [0.1, 0.15) is 24.3 Å². The summed E-state index contributed by atoms with van der Waals surface area (Å²) in [6.45, 7) is 4.59. The average Bonchev–Trinajstić information content (AvgIpc) is 2.90. The molecule has 0 unspecified atom stereocenters. The number of carbonyl (C=O) groups excluding carboxylic acids is 1. The number of rotatable bonds is 5. The molecule has 106 valence electrons. The van der Waals surface area contributed by atoms with E-state index in [0.29, 0.717) is 19.0 Å². The molecule has 7 heteroatoms. The topological polar surface area (TPSA) is 68.5 Å². The van der Waals surface area contributed by atoms with Crippen LogP contribution in [-0.2, 0) is 0 Å². The predicted octanol–water partition coefficient (Wildman–Crippen LogP) is 2.90. The second-order valence-electron chi connectivity index (χ2n) is 3.82. The molecule has 0 spiro atoms. The molecule has 0 saturated carbocycles. The Kier molecular flexibility index (Phi) is 4.73. The maximum atomic E-state index is 12.4. The van der Waals surface area contributed by atoms with Gasteiger partial charge in [-0.2, -0.15) is 4.98 Å². The zero-order chi connectivity index (χ0) is 14.5. The minimum atomic E-state index is -0.281. The molecule has 2 aromatic rings. The molecule has 1 amide bonds. The zero-order valence-electron chi connectivity index (χ0n) is 11.2. The number of amides is 1. The highest BCUT2D eigenvalue weighted by molar-refractivity contribution is 9.10. The molecule has 0 N–H and O–H groups in total. The standard InChI is InChI=1S/C13H14BrN3O3/c1-3-17(11-6-5-9(14)7-15-11)12(18)10-8-20-13(16-10)19-4-2/h5-8H,3-4H2,1-2H3. The molecule has 0 aliphatic rings. The van der Waals surface area contributed by atoms with Gasteiger partial charge >= 0.3 is 6.08 Å². The fourth-order valence-corrected chi connectivity index (χ4v) is 1.86. The normalized spacial score (nSPS) is 10.3. The highest BCUT2D eigenvalue weighted by atomic mass is 79.9. The summed E-state index contributed by atoms with van der Waals surface area (Å²) in [5.74, 6) is 0.277. The second-order valence-corrected chi connectivity index (χ2v) is 4.73. The number of hydrogen-bond acceptors (Lipinski definition) is 5. The highest BCUT2D eigenvalue weighted by Gasteiger charge is 2.21. The molecule has 2 heterocycles. The first-order valence-electron chi connectivity index (χ1n) is 6.17. The molecule has 0 aliphatic carbocycles. The number of nitrogens with zero attached hydrogens (tertiary/aromatic N) is 3. The van der Waals surface area contributed by atoms with E-state index in [1.807, 2.05) is 19.9 Å². The van der Waals surface area contributed by atoms with Crippen LogP contribution in [0.2, 0.25) is 0 Å². The van der Waals surface area contributed by atoms with Crippen molar-refractivity contribution in [3.63, 3.8) is 0 Å². The third kappa shape index (κ3) is 3.16. The zero-order valence-corrected chi connectivity index (χ0v) is 12.8. The van der Waals surface area contributed by atoms with Crippen molar-refractivity contribution in [2.45, 2.75) is 13.8 Å². The van der Waals surface area contributed by atoms with Crippen molar-refractivity contribution < 1.29 is 13.9 Å². The Morgan fingerprint density at radius 2 is 2.25 bits per heavy atom. The Morgan fingerprint density at radius 3 is 2.85 bits per heavy atom. The SMILES string of the molecule is CCOc1nc(C(=O)N(CC)c2ccc(Br)cn2)co1. The molecular formula is C13H14BrN3O3. The van der Waals surface area contributed by atoms with E-state index in [1.54, 1.807) is 12.3 Å². The van der Waals surface area contributed by atoms with E-state index in [-0.39, 0.29) is 17.7 Å². The molecule has 0 bridgehead atoms. The summed E-state index contributed by atoms with van der Waals surface area (Å²) >= 11 is 3.31. The van der Waals surface area contributed by atoms with Gasteiger partial charge in [-0.3, -0.25) is 9.69 Å². The Labute approximate surface area is 124 Å². The van der Waals surface area contributed by atoms with Crippen LogP contribution in [0.3, 0.4) is 0 Å². The maximum Gasteiger partial charge on any atom is 0.394 e. The highest BCUT2D eigenvalue weighted by Crippen LogP contribution is 2.18. The number of anilines is 1. The van der Waals surface area contributed by atoms with Gasteiger partial charge in [0, 0.05) is 17.2 Å². The molecule has 0 atom stereocenters. The lowest BCUT2D eigenvalue weighted by Gasteiger charge is -2.18. The third-order valence-electron chi connectivity index (χ3n) is 2.52.